The van der Waals surface area contributed by atoms with Gasteiger partial charge in [0.05, 0.1) is 13.7 Å². The van der Waals surface area contributed by atoms with Gasteiger partial charge in [-0.25, -0.2) is 9.78 Å². The Morgan fingerprint density at radius 2 is 2.00 bits per heavy atom. The maximum Gasteiger partial charge on any atom is 0.315 e. The highest BCUT2D eigenvalue weighted by Gasteiger charge is 2.05. The van der Waals surface area contributed by atoms with Gasteiger partial charge in [0.25, 0.3) is 0 Å². The molecule has 0 aliphatic heterocycles. The molecule has 0 aliphatic carbocycles. The molecule has 2 amide bonds. The second kappa shape index (κ2) is 8.85. The Balaban J connectivity index is 1.66. The van der Waals surface area contributed by atoms with Crippen LogP contribution >= 0.6 is 11.6 Å². The zero-order chi connectivity index (χ0) is 16.5. The molecule has 122 valence electrons. The lowest BCUT2D eigenvalue weighted by Crippen LogP contribution is -2.37. The number of hydrogen-bond donors (Lipinski definition) is 2. The number of amides is 2. The average molecular weight is 336 g/mol. The number of benzene rings is 1. The van der Waals surface area contributed by atoms with E-state index in [0.29, 0.717) is 36.3 Å². The first-order valence-corrected chi connectivity index (χ1v) is 7.45. The summed E-state index contributed by atoms with van der Waals surface area (Å²) in [5.41, 5.74) is 0.808. The van der Waals surface area contributed by atoms with E-state index in [1.165, 1.54) is 0 Å². The predicted octanol–water partition coefficient (Wildman–Crippen LogP) is 2.62. The first-order chi connectivity index (χ1) is 11.2. The highest BCUT2D eigenvalue weighted by molar-refractivity contribution is 6.30. The summed E-state index contributed by atoms with van der Waals surface area (Å²) < 4.78 is 10.6. The van der Waals surface area contributed by atoms with Gasteiger partial charge in [-0.05, 0) is 30.3 Å². The van der Waals surface area contributed by atoms with Crippen molar-refractivity contribution in [2.75, 3.05) is 20.3 Å². The third kappa shape index (κ3) is 5.67. The summed E-state index contributed by atoms with van der Waals surface area (Å²) in [6, 6.07) is 10.4. The van der Waals surface area contributed by atoms with E-state index in [2.05, 4.69) is 15.6 Å². The van der Waals surface area contributed by atoms with Gasteiger partial charge in [-0.3, -0.25) is 0 Å². The number of nitrogens with zero attached hydrogens (tertiary/aromatic N) is 1. The molecule has 1 aromatic heterocycles. The summed E-state index contributed by atoms with van der Waals surface area (Å²) in [5, 5.41) is 6.10. The van der Waals surface area contributed by atoms with E-state index in [-0.39, 0.29) is 6.03 Å². The predicted molar refractivity (Wildman–Crippen MR) is 88.0 cm³/mol. The molecule has 23 heavy (non-hydrogen) atoms. The molecule has 2 rings (SSSR count). The minimum Gasteiger partial charge on any atom is -0.492 e. The van der Waals surface area contributed by atoms with E-state index in [1.807, 2.05) is 6.07 Å². The largest absolute Gasteiger partial charge is 0.492 e. The zero-order valence-electron chi connectivity index (χ0n) is 12.7. The van der Waals surface area contributed by atoms with Crippen LogP contribution in [0.2, 0.25) is 5.02 Å². The molecule has 0 saturated carbocycles. The first-order valence-electron chi connectivity index (χ1n) is 7.07. The van der Waals surface area contributed by atoms with Crippen molar-refractivity contribution in [2.45, 2.75) is 6.54 Å². The number of ether oxygens (including phenoxy) is 2. The lowest BCUT2D eigenvalue weighted by molar-refractivity contribution is 0.236. The summed E-state index contributed by atoms with van der Waals surface area (Å²) in [4.78, 5) is 15.8. The summed E-state index contributed by atoms with van der Waals surface area (Å²) in [7, 11) is 1.54. The van der Waals surface area contributed by atoms with Gasteiger partial charge in [-0.15, -0.1) is 0 Å². The molecule has 0 atom stereocenters. The molecule has 0 fully saturated rings. The Bertz CT molecular complexity index is 635. The molecule has 0 unspecified atom stereocenters. The second-order valence-electron chi connectivity index (χ2n) is 4.58. The van der Waals surface area contributed by atoms with Crippen LogP contribution in [0.3, 0.4) is 0 Å². The first kappa shape index (κ1) is 16.9. The number of pyridine rings is 1. The molecule has 7 heteroatoms. The lowest BCUT2D eigenvalue weighted by Gasteiger charge is -2.10. The average Bonchev–Trinajstić information content (AvgIpc) is 2.58. The summed E-state index contributed by atoms with van der Waals surface area (Å²) >= 11 is 5.79. The minimum absolute atomic E-state index is 0.282. The van der Waals surface area contributed by atoms with Crippen molar-refractivity contribution >= 4 is 17.6 Å². The lowest BCUT2D eigenvalue weighted by atomic mass is 10.3. The van der Waals surface area contributed by atoms with Gasteiger partial charge in [-0.2, -0.15) is 0 Å². The zero-order valence-corrected chi connectivity index (χ0v) is 13.5. The maximum absolute atomic E-state index is 11.7. The van der Waals surface area contributed by atoms with E-state index in [4.69, 9.17) is 21.1 Å². The summed E-state index contributed by atoms with van der Waals surface area (Å²) in [5.74, 6) is 1.20. The molecule has 0 spiro atoms. The van der Waals surface area contributed by atoms with E-state index < -0.39 is 0 Å². The summed E-state index contributed by atoms with van der Waals surface area (Å²) in [6.45, 7) is 1.09. The Labute approximate surface area is 139 Å². The SMILES string of the molecule is COc1ncccc1CNC(=O)NCCOc1ccc(Cl)cc1. The van der Waals surface area contributed by atoms with E-state index in [9.17, 15) is 4.79 Å². The topological polar surface area (TPSA) is 72.5 Å². The molecular formula is C16H18ClN3O3. The number of hydrogen-bond acceptors (Lipinski definition) is 4. The van der Waals surface area contributed by atoms with E-state index in [0.717, 1.165) is 5.56 Å². The number of methoxy groups -OCH3 is 1. The molecule has 2 aromatic rings. The van der Waals surface area contributed by atoms with Crippen molar-refractivity contribution in [1.82, 2.24) is 15.6 Å². The van der Waals surface area contributed by atoms with Crippen LogP contribution in [0, 0.1) is 0 Å². The van der Waals surface area contributed by atoms with Gasteiger partial charge in [0.2, 0.25) is 5.88 Å². The fourth-order valence-corrected chi connectivity index (χ4v) is 1.97. The normalized spacial score (nSPS) is 10.0. The molecule has 2 N–H and O–H groups in total. The van der Waals surface area contributed by atoms with Crippen molar-refractivity contribution < 1.29 is 14.3 Å². The van der Waals surface area contributed by atoms with Crippen LogP contribution in [0.1, 0.15) is 5.56 Å². The quantitative estimate of drug-likeness (QED) is 0.763. The van der Waals surface area contributed by atoms with Gasteiger partial charge in [0.1, 0.15) is 12.4 Å². The number of aromatic nitrogens is 1. The van der Waals surface area contributed by atoms with Gasteiger partial charge in [-0.1, -0.05) is 17.7 Å². The van der Waals surface area contributed by atoms with Crippen LogP contribution in [0.4, 0.5) is 4.79 Å². The molecule has 6 nitrogen and oxygen atoms in total. The Kier molecular flexibility index (Phi) is 6.50. The van der Waals surface area contributed by atoms with Crippen LogP contribution < -0.4 is 20.1 Å². The van der Waals surface area contributed by atoms with Crippen LogP contribution in [0.25, 0.3) is 0 Å². The Morgan fingerprint density at radius 3 is 2.74 bits per heavy atom. The van der Waals surface area contributed by atoms with E-state index >= 15 is 0 Å². The number of halogens is 1. The maximum atomic E-state index is 11.7. The van der Waals surface area contributed by atoms with Crippen LogP contribution in [0.5, 0.6) is 11.6 Å². The number of urea groups is 1. The smallest absolute Gasteiger partial charge is 0.315 e. The van der Waals surface area contributed by atoms with Crippen molar-refractivity contribution in [3.63, 3.8) is 0 Å². The fraction of sp³-hybridized carbons (Fsp3) is 0.250. The minimum atomic E-state index is -0.282. The third-order valence-corrected chi connectivity index (χ3v) is 3.20. The fourth-order valence-electron chi connectivity index (χ4n) is 1.84. The van der Waals surface area contributed by atoms with Crippen molar-refractivity contribution in [2.24, 2.45) is 0 Å². The molecule has 1 aromatic carbocycles. The van der Waals surface area contributed by atoms with Gasteiger partial charge >= 0.3 is 6.03 Å². The second-order valence-corrected chi connectivity index (χ2v) is 5.02. The number of rotatable bonds is 7. The van der Waals surface area contributed by atoms with Crippen LogP contribution in [0.15, 0.2) is 42.6 Å². The highest BCUT2D eigenvalue weighted by Crippen LogP contribution is 2.15. The van der Waals surface area contributed by atoms with Crippen molar-refractivity contribution in [1.29, 1.82) is 0 Å². The monoisotopic (exact) mass is 335 g/mol. The molecule has 1 heterocycles. The third-order valence-electron chi connectivity index (χ3n) is 2.95. The van der Waals surface area contributed by atoms with Gasteiger partial charge in [0.15, 0.2) is 0 Å². The number of nitrogens with one attached hydrogen (secondary N) is 2. The van der Waals surface area contributed by atoms with Crippen molar-refractivity contribution in [3.05, 3.63) is 53.2 Å². The van der Waals surface area contributed by atoms with E-state index in [1.54, 1.807) is 43.6 Å². The Hall–Kier alpha value is -2.47. The number of carbonyl (C=O) groups is 1. The molecular weight excluding hydrogens is 318 g/mol. The van der Waals surface area contributed by atoms with Gasteiger partial charge in [0, 0.05) is 23.3 Å². The highest BCUT2D eigenvalue weighted by atomic mass is 35.5. The Morgan fingerprint density at radius 1 is 1.22 bits per heavy atom. The number of carbonyl (C=O) groups excluding carboxylic acids is 1. The van der Waals surface area contributed by atoms with Gasteiger partial charge < -0.3 is 20.1 Å². The summed E-state index contributed by atoms with van der Waals surface area (Å²) in [6.07, 6.45) is 1.64. The van der Waals surface area contributed by atoms with Crippen LogP contribution in [-0.2, 0) is 6.54 Å². The standard InChI is InChI=1S/C16H18ClN3O3/c1-22-15-12(3-2-8-18-15)11-20-16(21)19-9-10-23-14-6-4-13(17)5-7-14/h2-8H,9-11H2,1H3,(H2,19,20,21). The molecule has 0 aliphatic rings. The van der Waals surface area contributed by atoms with Crippen LogP contribution in [-0.4, -0.2) is 31.3 Å². The molecule has 0 radical (unpaired) electrons. The molecule has 0 bridgehead atoms. The molecule has 0 saturated heterocycles. The van der Waals surface area contributed by atoms with Crippen molar-refractivity contribution in [3.8, 4) is 11.6 Å².